The summed E-state index contributed by atoms with van der Waals surface area (Å²) in [7, 11) is -18.9. The van der Waals surface area contributed by atoms with E-state index in [0.29, 0.717) is 5.56 Å². The molecule has 0 aliphatic rings. The van der Waals surface area contributed by atoms with Crippen molar-refractivity contribution >= 4 is 35.9 Å². The summed E-state index contributed by atoms with van der Waals surface area (Å²) in [4.78, 5) is -6.09. The van der Waals surface area contributed by atoms with Gasteiger partial charge in [-0.1, -0.05) is 24.8 Å². The summed E-state index contributed by atoms with van der Waals surface area (Å²) in [5.74, 6) is -11.7. The number of alkyl halides is 3. The van der Waals surface area contributed by atoms with Crippen LogP contribution in [0.5, 0.6) is 0 Å². The Labute approximate surface area is 176 Å². The van der Waals surface area contributed by atoms with Gasteiger partial charge in [0, 0.05) is 10.0 Å². The van der Waals surface area contributed by atoms with Gasteiger partial charge in [-0.2, -0.15) is 21.6 Å². The monoisotopic (exact) mass is 526 g/mol. The van der Waals surface area contributed by atoms with E-state index in [0.717, 1.165) is 24.3 Å². The molecule has 7 nitrogen and oxygen atoms in total. The molecule has 17 heteroatoms. The molecule has 176 valence electrons. The van der Waals surface area contributed by atoms with Gasteiger partial charge < -0.3 is 4.55 Å². The van der Waals surface area contributed by atoms with Crippen molar-refractivity contribution in [2.24, 2.45) is 3.77 Å². The highest BCUT2D eigenvalue weighted by atomic mass is 32.3. The van der Waals surface area contributed by atoms with Gasteiger partial charge in [0.15, 0.2) is 23.3 Å². The minimum Gasteiger partial charge on any atom is -0.759 e. The van der Waals surface area contributed by atoms with Crippen LogP contribution in [-0.4, -0.2) is 31.1 Å². The maximum Gasteiger partial charge on any atom is 0.519 e. The smallest absolute Gasteiger partial charge is 0.519 e. The second kappa shape index (κ2) is 8.13. The Kier molecular flexibility index (Phi) is 6.54. The Bertz CT molecular complexity index is 1410. The normalized spacial score (nSPS) is 14.6. The molecule has 0 radical (unpaired) electrons. The summed E-state index contributed by atoms with van der Waals surface area (Å²) in [5, 5.41) is 0. The third-order valence-corrected chi connectivity index (χ3v) is 8.44. The third kappa shape index (κ3) is 4.37. The van der Waals surface area contributed by atoms with Crippen LogP contribution >= 0.6 is 0 Å². The largest absolute Gasteiger partial charge is 0.759 e. The van der Waals surface area contributed by atoms with Crippen LogP contribution in [0.2, 0.25) is 0 Å². The van der Waals surface area contributed by atoms with E-state index >= 15 is 0 Å². The predicted octanol–water partition coefficient (Wildman–Crippen LogP) is 3.53. The van der Waals surface area contributed by atoms with Crippen LogP contribution in [0.1, 0.15) is 5.56 Å². The number of benzene rings is 2. The Hall–Kier alpha value is -2.50. The zero-order valence-electron chi connectivity index (χ0n) is 14.9. The average molecular weight is 526 g/mol. The molecule has 0 bridgehead atoms. The van der Waals surface area contributed by atoms with E-state index in [-0.39, 0.29) is 0 Å². The summed E-state index contributed by atoms with van der Waals surface area (Å²) >= 11 is 0. The van der Waals surface area contributed by atoms with Gasteiger partial charge in [0.1, 0.15) is 9.79 Å². The van der Waals surface area contributed by atoms with Gasteiger partial charge >= 0.3 is 15.5 Å². The van der Waals surface area contributed by atoms with Crippen molar-refractivity contribution in [3.63, 3.8) is 0 Å². The van der Waals surface area contributed by atoms with Crippen LogP contribution in [0.25, 0.3) is 6.08 Å². The molecule has 0 saturated heterocycles. The fraction of sp³-hybridized carbons (Fsp3) is 0.0667. The van der Waals surface area contributed by atoms with Crippen molar-refractivity contribution in [3.8, 4) is 0 Å². The highest BCUT2D eigenvalue weighted by Gasteiger charge is 2.47. The average Bonchev–Trinajstić information content (AvgIpc) is 2.64. The summed E-state index contributed by atoms with van der Waals surface area (Å²) < 4.78 is 166. The van der Waals surface area contributed by atoms with E-state index in [4.69, 9.17) is 0 Å². The number of rotatable bonds is 5. The van der Waals surface area contributed by atoms with Crippen molar-refractivity contribution in [2.45, 2.75) is 20.2 Å². The molecule has 32 heavy (non-hydrogen) atoms. The van der Waals surface area contributed by atoms with Gasteiger partial charge in [0.25, 0.3) is 0 Å². The van der Waals surface area contributed by atoms with E-state index < -0.39 is 73.3 Å². The fourth-order valence-corrected chi connectivity index (χ4v) is 5.85. The lowest BCUT2D eigenvalue weighted by Crippen LogP contribution is -2.23. The number of nitrogens with zero attached hydrogens (tertiary/aromatic N) is 1. The van der Waals surface area contributed by atoms with Gasteiger partial charge in [0.2, 0.25) is 9.84 Å². The second-order valence-corrected chi connectivity index (χ2v) is 10.9. The Morgan fingerprint density at radius 3 is 1.59 bits per heavy atom. The molecule has 2 rings (SSSR count). The molecule has 1 unspecified atom stereocenters. The minimum absolute atomic E-state index is 0.330. The summed E-state index contributed by atoms with van der Waals surface area (Å²) in [6.45, 7) is 3.36. The first-order valence-corrected chi connectivity index (χ1v) is 11.9. The molecule has 0 aromatic heterocycles. The summed E-state index contributed by atoms with van der Waals surface area (Å²) in [5.41, 5.74) is -6.01. The highest BCUT2D eigenvalue weighted by Crippen LogP contribution is 2.35. The van der Waals surface area contributed by atoms with E-state index in [1.165, 1.54) is 9.84 Å². The van der Waals surface area contributed by atoms with Crippen LogP contribution in [-0.2, 0) is 29.9 Å². The van der Waals surface area contributed by atoms with Crippen molar-refractivity contribution < 1.29 is 56.3 Å². The van der Waals surface area contributed by atoms with E-state index in [1.54, 1.807) is 0 Å². The van der Waals surface area contributed by atoms with E-state index in [2.05, 4.69) is 6.58 Å². The fourth-order valence-electron chi connectivity index (χ4n) is 2.16. The van der Waals surface area contributed by atoms with Crippen LogP contribution in [0.4, 0.5) is 30.7 Å². The van der Waals surface area contributed by atoms with Gasteiger partial charge in [-0.25, -0.2) is 26.0 Å². The number of hydrogen-bond acceptors (Lipinski definition) is 6. The molecule has 0 saturated carbocycles. The van der Waals surface area contributed by atoms with E-state index in [9.17, 15) is 56.3 Å². The lowest BCUT2D eigenvalue weighted by molar-refractivity contribution is -0.0435. The molecule has 2 aromatic carbocycles. The summed E-state index contributed by atoms with van der Waals surface area (Å²) in [6, 6.07) is 3.69. The van der Waals surface area contributed by atoms with Crippen LogP contribution < -0.4 is 0 Å². The maximum absolute atomic E-state index is 14.4. The minimum atomic E-state index is -6.92. The highest BCUT2D eigenvalue weighted by molar-refractivity contribution is 8.01. The van der Waals surface area contributed by atoms with Crippen molar-refractivity contribution in [1.29, 1.82) is 0 Å². The first-order valence-electron chi connectivity index (χ1n) is 7.52. The molecule has 0 amide bonds. The predicted molar refractivity (Wildman–Crippen MR) is 92.8 cm³/mol. The molecule has 0 aliphatic carbocycles. The maximum atomic E-state index is 14.4. The van der Waals surface area contributed by atoms with Crippen LogP contribution in [0.15, 0.2) is 49.3 Å². The van der Waals surface area contributed by atoms with Crippen molar-refractivity contribution in [2.75, 3.05) is 0 Å². The molecule has 0 heterocycles. The Balaban J connectivity index is 2.88. The quantitative estimate of drug-likeness (QED) is 0.434. The molecule has 2 aromatic rings. The molecule has 0 N–H and O–H groups in total. The van der Waals surface area contributed by atoms with Gasteiger partial charge in [-0.3, -0.25) is 4.21 Å². The Morgan fingerprint density at radius 2 is 1.22 bits per heavy atom. The lowest BCUT2D eigenvalue weighted by atomic mass is 10.2. The van der Waals surface area contributed by atoms with E-state index in [1.807, 2.05) is 0 Å². The standard InChI is InChI=1S/C15H8F7NO6S3/c1-2-7-3-5-8(6-4-7)30(24,25)13-9(16)11(18)14(12(19)10(13)17)31(26,27)23-32(28,29)15(20,21)22/h2-6H,1H2,(H,23,26,27)/p-1. The third-order valence-electron chi connectivity index (χ3n) is 3.62. The Morgan fingerprint density at radius 1 is 0.812 bits per heavy atom. The summed E-state index contributed by atoms with van der Waals surface area (Å²) in [6.07, 6.45) is 1.25. The zero-order valence-corrected chi connectivity index (χ0v) is 17.3. The SMILES string of the molecule is C=Cc1ccc(S(=O)(=O)c2c(F)c(F)c(S(=O)([O-])=NS(=O)(=O)C(F)(F)F)c(F)c2F)cc1. The molecule has 0 aliphatic heterocycles. The van der Waals surface area contributed by atoms with Crippen molar-refractivity contribution in [1.82, 2.24) is 0 Å². The molecule has 0 spiro atoms. The topological polar surface area (TPSA) is 121 Å². The van der Waals surface area contributed by atoms with Gasteiger partial charge in [-0.15, -0.1) is 3.77 Å². The number of sulfonamides is 1. The molecular formula is C15H7F7NO6S3-. The van der Waals surface area contributed by atoms with Gasteiger partial charge in [-0.05, 0) is 17.7 Å². The molecular weight excluding hydrogens is 519 g/mol. The van der Waals surface area contributed by atoms with Crippen molar-refractivity contribution in [3.05, 3.63) is 59.7 Å². The number of hydrogen-bond donors (Lipinski definition) is 0. The zero-order chi connectivity index (χ0) is 24.9. The first kappa shape index (κ1) is 25.8. The molecule has 0 fully saturated rings. The second-order valence-electron chi connectivity index (χ2n) is 5.66. The number of halogens is 7. The number of sulfone groups is 1. The van der Waals surface area contributed by atoms with Crippen LogP contribution in [0, 0.1) is 23.3 Å². The van der Waals surface area contributed by atoms with Gasteiger partial charge in [0.05, 0.1) is 4.90 Å². The lowest BCUT2D eigenvalue weighted by Gasteiger charge is -2.18. The van der Waals surface area contributed by atoms with Crippen LogP contribution in [0.3, 0.4) is 0 Å². The molecule has 1 atom stereocenters. The first-order chi connectivity index (χ1) is 14.4.